The normalized spacial score (nSPS) is 10.0. The van der Waals surface area contributed by atoms with Crippen LogP contribution in [0.15, 0.2) is 41.5 Å². The first kappa shape index (κ1) is 13.0. The molecule has 0 saturated carbocycles. The topological polar surface area (TPSA) is 51.6 Å². The van der Waals surface area contributed by atoms with Gasteiger partial charge in [0.25, 0.3) is 0 Å². The van der Waals surface area contributed by atoms with Crippen LogP contribution in [-0.2, 0) is 0 Å². The lowest BCUT2D eigenvalue weighted by Gasteiger charge is -2.10. The zero-order chi connectivity index (χ0) is 13.8. The quantitative estimate of drug-likeness (QED) is 0.621. The van der Waals surface area contributed by atoms with Gasteiger partial charge in [-0.15, -0.1) is 0 Å². The molecule has 0 bridgehead atoms. The van der Waals surface area contributed by atoms with Gasteiger partial charge in [0, 0.05) is 12.3 Å². The third kappa shape index (κ3) is 2.52. The summed E-state index contributed by atoms with van der Waals surface area (Å²) in [5.74, 6) is 0.456. The van der Waals surface area contributed by atoms with Crippen molar-refractivity contribution < 1.29 is 9.53 Å². The average molecular weight is 254 g/mol. The van der Waals surface area contributed by atoms with E-state index in [0.29, 0.717) is 17.1 Å². The van der Waals surface area contributed by atoms with Gasteiger partial charge in [0.2, 0.25) is 5.88 Å². The van der Waals surface area contributed by atoms with Crippen molar-refractivity contribution in [3.05, 3.63) is 42.1 Å². The fourth-order valence-corrected chi connectivity index (χ4v) is 1.97. The molecule has 0 radical (unpaired) electrons. The highest BCUT2D eigenvalue weighted by Gasteiger charge is 2.14. The van der Waals surface area contributed by atoms with Gasteiger partial charge in [-0.1, -0.05) is 12.1 Å². The van der Waals surface area contributed by atoms with Crippen molar-refractivity contribution >= 4 is 18.2 Å². The van der Waals surface area contributed by atoms with E-state index in [1.54, 1.807) is 25.4 Å². The third-order valence-electron chi connectivity index (χ3n) is 2.82. The number of ketones is 1. The van der Waals surface area contributed by atoms with E-state index in [-0.39, 0.29) is 5.78 Å². The summed E-state index contributed by atoms with van der Waals surface area (Å²) in [4.78, 5) is 19.8. The Morgan fingerprint density at radius 2 is 2.16 bits per heavy atom. The van der Waals surface area contributed by atoms with Crippen LogP contribution < -0.4 is 4.74 Å². The predicted molar refractivity (Wildman–Crippen MR) is 75.4 cm³/mol. The second kappa shape index (κ2) is 5.44. The lowest BCUT2D eigenvalue weighted by molar-refractivity contribution is 0.101. The van der Waals surface area contributed by atoms with Crippen molar-refractivity contribution in [3.63, 3.8) is 0 Å². The predicted octanol–water partition coefficient (Wildman–Crippen LogP) is 3.29. The van der Waals surface area contributed by atoms with Gasteiger partial charge in [-0.2, -0.15) is 0 Å². The monoisotopic (exact) mass is 254 g/mol. The van der Waals surface area contributed by atoms with Gasteiger partial charge in [0.15, 0.2) is 5.78 Å². The number of nitrogens with zero attached hydrogens (tertiary/aromatic N) is 2. The van der Waals surface area contributed by atoms with Crippen LogP contribution >= 0.6 is 0 Å². The molecular weight excluding hydrogens is 240 g/mol. The lowest BCUT2D eigenvalue weighted by Crippen LogP contribution is -1.97. The van der Waals surface area contributed by atoms with Crippen molar-refractivity contribution in [2.24, 2.45) is 4.99 Å². The van der Waals surface area contributed by atoms with E-state index in [1.807, 2.05) is 18.2 Å². The van der Waals surface area contributed by atoms with Crippen molar-refractivity contribution in [2.45, 2.75) is 6.92 Å². The number of aromatic nitrogens is 1. The highest BCUT2D eigenvalue weighted by molar-refractivity contribution is 6.05. The van der Waals surface area contributed by atoms with Crippen LogP contribution in [0.3, 0.4) is 0 Å². The summed E-state index contributed by atoms with van der Waals surface area (Å²) in [7, 11) is 1.56. The smallest absolute Gasteiger partial charge is 0.213 e. The number of rotatable bonds is 4. The van der Waals surface area contributed by atoms with Gasteiger partial charge in [-0.25, -0.2) is 4.98 Å². The van der Waals surface area contributed by atoms with Crippen LogP contribution in [0.4, 0.5) is 5.69 Å². The summed E-state index contributed by atoms with van der Waals surface area (Å²) < 4.78 is 5.10. The molecule has 0 fully saturated rings. The summed E-state index contributed by atoms with van der Waals surface area (Å²) in [5, 5.41) is 0. The first-order valence-corrected chi connectivity index (χ1v) is 5.78. The fraction of sp³-hybridized carbons (Fsp3) is 0.133. The minimum atomic E-state index is -0.0474. The minimum absolute atomic E-state index is 0.0474. The summed E-state index contributed by atoms with van der Waals surface area (Å²) in [5.41, 5.74) is 2.81. The van der Waals surface area contributed by atoms with Gasteiger partial charge in [0.05, 0.1) is 18.4 Å². The Morgan fingerprint density at radius 1 is 1.37 bits per heavy atom. The molecule has 0 aliphatic carbocycles. The van der Waals surface area contributed by atoms with Crippen molar-refractivity contribution in [3.8, 4) is 17.0 Å². The van der Waals surface area contributed by atoms with Crippen LogP contribution in [0.25, 0.3) is 11.1 Å². The van der Waals surface area contributed by atoms with Crippen LogP contribution in [-0.4, -0.2) is 24.6 Å². The maximum Gasteiger partial charge on any atom is 0.213 e. The summed E-state index contributed by atoms with van der Waals surface area (Å²) in [6.07, 6.45) is 1.64. The van der Waals surface area contributed by atoms with Crippen LogP contribution in [0.5, 0.6) is 5.88 Å². The number of Topliss-reactive ketones (excluding diaryl/α,β-unsaturated/α-hetero) is 1. The molecule has 0 atom stereocenters. The Bertz CT molecular complexity index is 636. The third-order valence-corrected chi connectivity index (χ3v) is 2.82. The molecule has 1 aromatic heterocycles. The van der Waals surface area contributed by atoms with E-state index >= 15 is 0 Å². The van der Waals surface area contributed by atoms with Crippen molar-refractivity contribution in [1.82, 2.24) is 4.98 Å². The standard InChI is InChI=1S/C15H14N2O2/c1-10(18)15-12(5-4-6-13(15)16-2)11-7-8-17-14(9-11)19-3/h4-9H,2H2,1,3H3. The molecule has 0 N–H and O–H groups in total. The Kier molecular flexibility index (Phi) is 3.71. The molecule has 0 unspecified atom stereocenters. The van der Waals surface area contributed by atoms with E-state index in [0.717, 1.165) is 11.1 Å². The van der Waals surface area contributed by atoms with Gasteiger partial charge in [-0.3, -0.25) is 9.79 Å². The van der Waals surface area contributed by atoms with Crippen LogP contribution in [0.1, 0.15) is 17.3 Å². The summed E-state index contributed by atoms with van der Waals surface area (Å²) in [6.45, 7) is 5.02. The SMILES string of the molecule is C=Nc1cccc(-c2ccnc(OC)c2)c1C(C)=O. The zero-order valence-corrected chi connectivity index (χ0v) is 10.9. The van der Waals surface area contributed by atoms with Crippen molar-refractivity contribution in [1.29, 1.82) is 0 Å². The molecule has 4 nitrogen and oxygen atoms in total. The van der Waals surface area contributed by atoms with Gasteiger partial charge in [0.1, 0.15) is 0 Å². The Labute approximate surface area is 111 Å². The number of ether oxygens (including phenoxy) is 1. The van der Waals surface area contributed by atoms with Crippen molar-refractivity contribution in [2.75, 3.05) is 7.11 Å². The number of hydrogen-bond acceptors (Lipinski definition) is 4. The molecule has 0 saturated heterocycles. The molecule has 1 aromatic carbocycles. The maximum absolute atomic E-state index is 11.8. The highest BCUT2D eigenvalue weighted by Crippen LogP contribution is 2.32. The summed E-state index contributed by atoms with van der Waals surface area (Å²) >= 11 is 0. The van der Waals surface area contributed by atoms with E-state index in [2.05, 4.69) is 16.7 Å². The second-order valence-electron chi connectivity index (χ2n) is 4.00. The number of benzene rings is 1. The minimum Gasteiger partial charge on any atom is -0.481 e. The molecular formula is C15H14N2O2. The van der Waals surface area contributed by atoms with Crippen LogP contribution in [0, 0.1) is 0 Å². The fourth-order valence-electron chi connectivity index (χ4n) is 1.97. The molecule has 2 rings (SSSR count). The first-order valence-electron chi connectivity index (χ1n) is 5.78. The van der Waals surface area contributed by atoms with Crippen LogP contribution in [0.2, 0.25) is 0 Å². The van der Waals surface area contributed by atoms with E-state index in [4.69, 9.17) is 4.74 Å². The number of pyridine rings is 1. The van der Waals surface area contributed by atoms with Gasteiger partial charge in [-0.05, 0) is 36.9 Å². The molecule has 0 aliphatic heterocycles. The van der Waals surface area contributed by atoms with Gasteiger partial charge < -0.3 is 4.74 Å². The largest absolute Gasteiger partial charge is 0.481 e. The molecule has 0 spiro atoms. The van der Waals surface area contributed by atoms with E-state index in [9.17, 15) is 4.79 Å². The molecule has 2 aromatic rings. The molecule has 4 heteroatoms. The Hall–Kier alpha value is -2.49. The maximum atomic E-state index is 11.8. The van der Waals surface area contributed by atoms with Gasteiger partial charge >= 0.3 is 0 Å². The number of aliphatic imine (C=N–C) groups is 1. The molecule has 1 heterocycles. The summed E-state index contributed by atoms with van der Waals surface area (Å²) in [6, 6.07) is 9.11. The lowest BCUT2D eigenvalue weighted by atomic mass is 9.96. The zero-order valence-electron chi connectivity index (χ0n) is 10.9. The Balaban J connectivity index is 2.67. The second-order valence-corrected chi connectivity index (χ2v) is 4.00. The highest BCUT2D eigenvalue weighted by atomic mass is 16.5. The molecule has 96 valence electrons. The number of carbonyl (C=O) groups excluding carboxylic acids is 1. The number of methoxy groups -OCH3 is 1. The molecule has 19 heavy (non-hydrogen) atoms. The van der Waals surface area contributed by atoms with E-state index in [1.165, 1.54) is 6.92 Å². The average Bonchev–Trinajstić information content (AvgIpc) is 2.46. The Morgan fingerprint density at radius 3 is 2.79 bits per heavy atom. The molecule has 0 amide bonds. The van der Waals surface area contributed by atoms with E-state index < -0.39 is 0 Å². The number of hydrogen-bond donors (Lipinski definition) is 0. The molecule has 0 aliphatic rings. The first-order chi connectivity index (χ1) is 9.17. The number of carbonyl (C=O) groups is 1.